The Morgan fingerprint density at radius 3 is 2.91 bits per heavy atom. The molecule has 2 aromatic heterocycles. The summed E-state index contributed by atoms with van der Waals surface area (Å²) in [5.74, 6) is 2.99. The van der Waals surface area contributed by atoms with Crippen LogP contribution in [0.3, 0.4) is 0 Å². The van der Waals surface area contributed by atoms with Gasteiger partial charge in [0.05, 0.1) is 7.11 Å². The van der Waals surface area contributed by atoms with Crippen LogP contribution in [0.1, 0.15) is 30.1 Å². The summed E-state index contributed by atoms with van der Waals surface area (Å²) in [6.07, 6.45) is 2.34. The van der Waals surface area contributed by atoms with Crippen LogP contribution in [0.2, 0.25) is 5.02 Å². The quantitative estimate of drug-likeness (QED) is 0.778. The Labute approximate surface area is 138 Å². The Morgan fingerprint density at radius 2 is 2.13 bits per heavy atom. The largest absolute Gasteiger partial charge is 0.496 e. The van der Waals surface area contributed by atoms with Gasteiger partial charge in [0.1, 0.15) is 11.6 Å². The summed E-state index contributed by atoms with van der Waals surface area (Å²) in [7, 11) is 1.64. The van der Waals surface area contributed by atoms with Crippen LogP contribution in [0, 0.1) is 0 Å². The van der Waals surface area contributed by atoms with E-state index in [0.29, 0.717) is 17.5 Å². The van der Waals surface area contributed by atoms with Crippen molar-refractivity contribution in [1.82, 2.24) is 19.8 Å². The maximum absolute atomic E-state index is 5.99. The van der Waals surface area contributed by atoms with E-state index in [0.717, 1.165) is 28.6 Å². The molecule has 0 spiro atoms. The number of rotatable bonds is 5. The summed E-state index contributed by atoms with van der Waals surface area (Å²) in [5, 5.41) is 17.0. The van der Waals surface area contributed by atoms with Crippen LogP contribution in [0.25, 0.3) is 5.65 Å². The molecule has 0 saturated heterocycles. The Balaban J connectivity index is 1.57. The van der Waals surface area contributed by atoms with Gasteiger partial charge in [0.15, 0.2) is 11.5 Å². The predicted octanol–water partition coefficient (Wildman–Crippen LogP) is 3.28. The van der Waals surface area contributed by atoms with Crippen molar-refractivity contribution in [2.45, 2.75) is 25.3 Å². The topological polar surface area (TPSA) is 64.3 Å². The van der Waals surface area contributed by atoms with E-state index in [2.05, 4.69) is 20.6 Å². The number of nitrogens with zero attached hydrogens (tertiary/aromatic N) is 4. The molecular formula is C16H16ClN5O. The van der Waals surface area contributed by atoms with E-state index < -0.39 is 0 Å². The van der Waals surface area contributed by atoms with Gasteiger partial charge < -0.3 is 10.1 Å². The second-order valence-corrected chi connectivity index (χ2v) is 6.07. The number of hydrogen-bond acceptors (Lipinski definition) is 5. The number of anilines is 1. The maximum Gasteiger partial charge on any atom is 0.178 e. The Hall–Kier alpha value is -2.34. The van der Waals surface area contributed by atoms with Gasteiger partial charge >= 0.3 is 0 Å². The Kier molecular flexibility index (Phi) is 3.53. The van der Waals surface area contributed by atoms with Gasteiger partial charge in [-0.05, 0) is 37.1 Å². The number of nitrogens with one attached hydrogen (secondary N) is 1. The minimum Gasteiger partial charge on any atom is -0.496 e. The molecule has 0 unspecified atom stereocenters. The first-order valence-corrected chi connectivity index (χ1v) is 7.91. The van der Waals surface area contributed by atoms with Crippen molar-refractivity contribution in [3.8, 4) is 5.75 Å². The van der Waals surface area contributed by atoms with E-state index in [-0.39, 0.29) is 0 Å². The molecule has 6 nitrogen and oxygen atoms in total. The highest BCUT2D eigenvalue weighted by Crippen LogP contribution is 2.38. The van der Waals surface area contributed by atoms with Gasteiger partial charge in [-0.2, -0.15) is 4.52 Å². The molecule has 7 heteroatoms. The molecular weight excluding hydrogens is 314 g/mol. The van der Waals surface area contributed by atoms with Crippen molar-refractivity contribution in [2.75, 3.05) is 12.4 Å². The fourth-order valence-electron chi connectivity index (χ4n) is 2.55. The molecule has 1 aromatic carbocycles. The fraction of sp³-hybridized carbons (Fsp3) is 0.312. The first-order chi connectivity index (χ1) is 11.2. The van der Waals surface area contributed by atoms with Crippen molar-refractivity contribution in [1.29, 1.82) is 0 Å². The first-order valence-electron chi connectivity index (χ1n) is 7.53. The number of fused-ring (bicyclic) bond motifs is 1. The smallest absolute Gasteiger partial charge is 0.178 e. The zero-order valence-electron chi connectivity index (χ0n) is 12.7. The lowest BCUT2D eigenvalue weighted by molar-refractivity contribution is 0.410. The third-order valence-corrected chi connectivity index (χ3v) is 4.17. The molecule has 1 aliphatic carbocycles. The van der Waals surface area contributed by atoms with E-state index in [4.69, 9.17) is 16.3 Å². The van der Waals surface area contributed by atoms with Gasteiger partial charge in [0.25, 0.3) is 0 Å². The average molecular weight is 330 g/mol. The summed E-state index contributed by atoms with van der Waals surface area (Å²) >= 11 is 5.99. The van der Waals surface area contributed by atoms with Crippen LogP contribution in [0.5, 0.6) is 5.75 Å². The molecule has 0 bridgehead atoms. The van der Waals surface area contributed by atoms with Crippen LogP contribution in [-0.4, -0.2) is 26.9 Å². The molecule has 118 valence electrons. The summed E-state index contributed by atoms with van der Waals surface area (Å²) in [6.45, 7) is 0.597. The van der Waals surface area contributed by atoms with Gasteiger partial charge in [-0.3, -0.25) is 0 Å². The van der Waals surface area contributed by atoms with E-state index >= 15 is 0 Å². The van der Waals surface area contributed by atoms with Gasteiger partial charge in [0, 0.05) is 23.0 Å². The molecule has 2 heterocycles. The lowest BCUT2D eigenvalue weighted by Crippen LogP contribution is -2.06. The SMILES string of the molecule is COc1cc(Cl)ccc1CNc1ccc2nnc(C3CC3)n2n1. The molecule has 0 radical (unpaired) electrons. The molecule has 1 aliphatic rings. The minimum absolute atomic E-state index is 0.504. The highest BCUT2D eigenvalue weighted by atomic mass is 35.5. The van der Waals surface area contributed by atoms with Crippen LogP contribution in [0.4, 0.5) is 5.82 Å². The van der Waals surface area contributed by atoms with E-state index in [1.807, 2.05) is 28.8 Å². The highest BCUT2D eigenvalue weighted by molar-refractivity contribution is 6.30. The van der Waals surface area contributed by atoms with Gasteiger partial charge in [-0.1, -0.05) is 17.7 Å². The summed E-state index contributed by atoms with van der Waals surface area (Å²) in [5.41, 5.74) is 1.80. The number of ether oxygens (including phenoxy) is 1. The van der Waals surface area contributed by atoms with E-state index in [9.17, 15) is 0 Å². The molecule has 0 amide bonds. The van der Waals surface area contributed by atoms with Crippen LogP contribution >= 0.6 is 11.6 Å². The normalized spacial score (nSPS) is 14.2. The van der Waals surface area contributed by atoms with Crippen molar-refractivity contribution >= 4 is 23.1 Å². The average Bonchev–Trinajstić information content (AvgIpc) is 3.33. The molecule has 4 rings (SSSR count). The molecule has 23 heavy (non-hydrogen) atoms. The van der Waals surface area contributed by atoms with Crippen LogP contribution < -0.4 is 10.1 Å². The molecule has 0 atom stereocenters. The summed E-state index contributed by atoms with van der Waals surface area (Å²) < 4.78 is 7.19. The number of aromatic nitrogens is 4. The third-order valence-electron chi connectivity index (χ3n) is 3.94. The summed E-state index contributed by atoms with van der Waals surface area (Å²) in [6, 6.07) is 9.43. The molecule has 3 aromatic rings. The number of benzene rings is 1. The van der Waals surface area contributed by atoms with Crippen molar-refractivity contribution < 1.29 is 4.74 Å². The number of hydrogen-bond donors (Lipinski definition) is 1. The molecule has 1 fully saturated rings. The zero-order valence-corrected chi connectivity index (χ0v) is 13.4. The lowest BCUT2D eigenvalue weighted by Gasteiger charge is -2.10. The third kappa shape index (κ3) is 2.82. The highest BCUT2D eigenvalue weighted by Gasteiger charge is 2.29. The predicted molar refractivity (Wildman–Crippen MR) is 88.1 cm³/mol. The monoisotopic (exact) mass is 329 g/mol. The van der Waals surface area contributed by atoms with E-state index in [1.165, 1.54) is 12.8 Å². The standard InChI is InChI=1S/C16H16ClN5O/c1-23-13-8-12(17)5-4-11(13)9-18-14-6-7-15-19-20-16(10-2-3-10)22(15)21-14/h4-8,10H,2-3,9H2,1H3,(H,18,21). The maximum atomic E-state index is 5.99. The molecule has 1 N–H and O–H groups in total. The van der Waals surface area contributed by atoms with Gasteiger partial charge in [-0.15, -0.1) is 15.3 Å². The Bertz CT molecular complexity index is 859. The first kappa shape index (κ1) is 14.3. The fourth-order valence-corrected chi connectivity index (χ4v) is 2.71. The second-order valence-electron chi connectivity index (χ2n) is 5.63. The van der Waals surface area contributed by atoms with Crippen molar-refractivity contribution in [3.05, 3.63) is 46.7 Å². The van der Waals surface area contributed by atoms with Gasteiger partial charge in [0.2, 0.25) is 0 Å². The Morgan fingerprint density at radius 1 is 1.26 bits per heavy atom. The molecule has 1 saturated carbocycles. The van der Waals surface area contributed by atoms with Crippen molar-refractivity contribution in [3.63, 3.8) is 0 Å². The minimum atomic E-state index is 0.504. The van der Waals surface area contributed by atoms with Crippen LogP contribution in [0.15, 0.2) is 30.3 Å². The van der Waals surface area contributed by atoms with Gasteiger partial charge in [-0.25, -0.2) is 0 Å². The zero-order chi connectivity index (χ0) is 15.8. The number of halogens is 1. The van der Waals surface area contributed by atoms with Crippen LogP contribution in [-0.2, 0) is 6.54 Å². The second kappa shape index (κ2) is 5.70. The molecule has 0 aliphatic heterocycles. The lowest BCUT2D eigenvalue weighted by atomic mass is 10.2. The van der Waals surface area contributed by atoms with Crippen molar-refractivity contribution in [2.24, 2.45) is 0 Å². The summed E-state index contributed by atoms with van der Waals surface area (Å²) in [4.78, 5) is 0. The van der Waals surface area contributed by atoms with E-state index in [1.54, 1.807) is 13.2 Å². The number of methoxy groups -OCH3 is 1.